The number of methoxy groups -OCH3 is 1. The Bertz CT molecular complexity index is 1160. The third-order valence-corrected chi connectivity index (χ3v) is 5.48. The maximum Gasteiger partial charge on any atom is 0.195 e. The second-order valence-corrected chi connectivity index (χ2v) is 7.65. The van der Waals surface area contributed by atoms with E-state index in [9.17, 15) is 4.79 Å². The minimum Gasteiger partial charge on any atom is -0.497 e. The molecule has 0 N–H and O–H groups in total. The molecule has 0 saturated carbocycles. The van der Waals surface area contributed by atoms with E-state index in [4.69, 9.17) is 21.4 Å². The summed E-state index contributed by atoms with van der Waals surface area (Å²) in [4.78, 5) is 13.1. The van der Waals surface area contributed by atoms with Gasteiger partial charge in [-0.05, 0) is 66.1 Å². The Morgan fingerprint density at radius 2 is 1.97 bits per heavy atom. The lowest BCUT2D eigenvalue weighted by Crippen LogP contribution is -1.94. The van der Waals surface area contributed by atoms with Crippen molar-refractivity contribution in [3.05, 3.63) is 93.8 Å². The van der Waals surface area contributed by atoms with E-state index in [1.54, 1.807) is 23.9 Å². The number of ether oxygens (including phenoxy) is 1. The van der Waals surface area contributed by atoms with Crippen LogP contribution in [0.2, 0.25) is 5.02 Å². The van der Waals surface area contributed by atoms with Gasteiger partial charge < -0.3 is 4.74 Å². The van der Waals surface area contributed by atoms with Crippen LogP contribution in [0, 0.1) is 0 Å². The van der Waals surface area contributed by atoms with Crippen molar-refractivity contribution in [1.29, 1.82) is 0 Å². The van der Waals surface area contributed by atoms with Crippen molar-refractivity contribution >= 4 is 34.8 Å². The van der Waals surface area contributed by atoms with Gasteiger partial charge in [-0.2, -0.15) is 5.10 Å². The number of benzene rings is 2. The molecule has 4 rings (SSSR count). The standard InChI is InChI=1S/C23H17ClN2O2S/c1-28-20-10-7-16(8-11-20)23-17(9-12-21(27)22-6-3-13-29-22)15-26(25-23)19-5-2-4-18(24)14-19/h2-15H,1H3/b12-9+. The van der Waals surface area contributed by atoms with Crippen LogP contribution >= 0.6 is 22.9 Å². The third-order valence-electron chi connectivity index (χ3n) is 4.36. The first kappa shape index (κ1) is 19.2. The SMILES string of the molecule is COc1ccc(-c2nn(-c3cccc(Cl)c3)cc2/C=C/C(=O)c2cccs2)cc1. The molecule has 2 heterocycles. The predicted molar refractivity (Wildman–Crippen MR) is 118 cm³/mol. The number of allylic oxidation sites excluding steroid dienone is 1. The molecule has 0 unspecified atom stereocenters. The summed E-state index contributed by atoms with van der Waals surface area (Å²) in [6, 6.07) is 18.8. The lowest BCUT2D eigenvalue weighted by atomic mass is 10.1. The predicted octanol–water partition coefficient (Wildman–Crippen LogP) is 6.16. The highest BCUT2D eigenvalue weighted by atomic mass is 35.5. The van der Waals surface area contributed by atoms with Crippen LogP contribution in [-0.4, -0.2) is 22.7 Å². The zero-order valence-corrected chi connectivity index (χ0v) is 17.2. The van der Waals surface area contributed by atoms with Gasteiger partial charge in [0, 0.05) is 22.3 Å². The van der Waals surface area contributed by atoms with Gasteiger partial charge in [-0.15, -0.1) is 11.3 Å². The Hall–Kier alpha value is -3.15. The number of halogens is 1. The van der Waals surface area contributed by atoms with E-state index in [-0.39, 0.29) is 5.78 Å². The van der Waals surface area contributed by atoms with Crippen LogP contribution in [-0.2, 0) is 0 Å². The zero-order valence-electron chi connectivity index (χ0n) is 15.6. The second kappa shape index (κ2) is 8.47. The van der Waals surface area contributed by atoms with E-state index in [1.807, 2.05) is 72.2 Å². The molecular weight excluding hydrogens is 404 g/mol. The molecule has 0 amide bonds. The minimum absolute atomic E-state index is 0.0313. The number of hydrogen-bond donors (Lipinski definition) is 0. The molecule has 0 aliphatic rings. The molecule has 4 nitrogen and oxygen atoms in total. The number of thiophene rings is 1. The summed E-state index contributed by atoms with van der Waals surface area (Å²) in [6.45, 7) is 0. The summed E-state index contributed by atoms with van der Waals surface area (Å²) >= 11 is 7.56. The normalized spacial score (nSPS) is 11.1. The lowest BCUT2D eigenvalue weighted by Gasteiger charge is -2.03. The number of ketones is 1. The number of aromatic nitrogens is 2. The monoisotopic (exact) mass is 420 g/mol. The first-order valence-corrected chi connectivity index (χ1v) is 10.2. The maximum atomic E-state index is 12.4. The van der Waals surface area contributed by atoms with Crippen LogP contribution in [0.25, 0.3) is 23.0 Å². The van der Waals surface area contributed by atoms with Crippen LogP contribution in [0.5, 0.6) is 5.75 Å². The number of hydrogen-bond acceptors (Lipinski definition) is 4. The van der Waals surface area contributed by atoms with Gasteiger partial charge in [0.25, 0.3) is 0 Å². The van der Waals surface area contributed by atoms with Gasteiger partial charge in [0.1, 0.15) is 5.75 Å². The van der Waals surface area contributed by atoms with Crippen molar-refractivity contribution in [2.24, 2.45) is 0 Å². The zero-order chi connectivity index (χ0) is 20.2. The topological polar surface area (TPSA) is 44.1 Å². The number of nitrogens with zero attached hydrogens (tertiary/aromatic N) is 2. The molecule has 4 aromatic rings. The van der Waals surface area contributed by atoms with Crippen LogP contribution in [0.1, 0.15) is 15.2 Å². The molecular formula is C23H17ClN2O2S. The van der Waals surface area contributed by atoms with Gasteiger partial charge in [0.05, 0.1) is 23.4 Å². The molecule has 0 atom stereocenters. The van der Waals surface area contributed by atoms with E-state index in [0.717, 1.165) is 28.3 Å². The minimum atomic E-state index is -0.0313. The highest BCUT2D eigenvalue weighted by Gasteiger charge is 2.12. The van der Waals surface area contributed by atoms with Gasteiger partial charge in [-0.1, -0.05) is 23.7 Å². The van der Waals surface area contributed by atoms with Crippen molar-refractivity contribution in [3.63, 3.8) is 0 Å². The first-order chi connectivity index (χ1) is 14.1. The Morgan fingerprint density at radius 3 is 2.66 bits per heavy atom. The van der Waals surface area contributed by atoms with Crippen LogP contribution < -0.4 is 4.74 Å². The highest BCUT2D eigenvalue weighted by Crippen LogP contribution is 2.27. The molecule has 2 aromatic heterocycles. The van der Waals surface area contributed by atoms with E-state index < -0.39 is 0 Å². The first-order valence-electron chi connectivity index (χ1n) is 8.90. The molecule has 6 heteroatoms. The molecule has 0 bridgehead atoms. The highest BCUT2D eigenvalue weighted by molar-refractivity contribution is 7.12. The Balaban J connectivity index is 1.75. The fourth-order valence-corrected chi connectivity index (χ4v) is 3.73. The summed E-state index contributed by atoms with van der Waals surface area (Å²) in [5.41, 5.74) is 3.37. The van der Waals surface area contributed by atoms with Crippen molar-refractivity contribution in [1.82, 2.24) is 9.78 Å². The van der Waals surface area contributed by atoms with Crippen LogP contribution in [0.4, 0.5) is 0 Å². The average molecular weight is 421 g/mol. The van der Waals surface area contributed by atoms with Gasteiger partial charge in [-0.3, -0.25) is 4.79 Å². The largest absolute Gasteiger partial charge is 0.497 e. The number of carbonyl (C=O) groups is 1. The van der Waals surface area contributed by atoms with Crippen LogP contribution in [0.3, 0.4) is 0 Å². The van der Waals surface area contributed by atoms with Gasteiger partial charge >= 0.3 is 0 Å². The van der Waals surface area contributed by atoms with Crippen molar-refractivity contribution in [3.8, 4) is 22.7 Å². The van der Waals surface area contributed by atoms with Gasteiger partial charge in [0.15, 0.2) is 5.78 Å². The fourth-order valence-electron chi connectivity index (χ4n) is 2.90. The van der Waals surface area contributed by atoms with E-state index >= 15 is 0 Å². The number of carbonyl (C=O) groups excluding carboxylic acids is 1. The molecule has 2 aromatic carbocycles. The Labute approximate surface area is 177 Å². The molecule has 29 heavy (non-hydrogen) atoms. The van der Waals surface area contributed by atoms with E-state index in [2.05, 4.69) is 0 Å². The van der Waals surface area contributed by atoms with E-state index in [1.165, 1.54) is 11.3 Å². The molecule has 0 fully saturated rings. The Kier molecular flexibility index (Phi) is 5.60. The number of rotatable bonds is 6. The molecule has 0 saturated heterocycles. The van der Waals surface area contributed by atoms with Crippen molar-refractivity contribution < 1.29 is 9.53 Å². The summed E-state index contributed by atoms with van der Waals surface area (Å²) in [6.07, 6.45) is 5.28. The molecule has 0 aliphatic heterocycles. The van der Waals surface area contributed by atoms with Crippen molar-refractivity contribution in [2.75, 3.05) is 7.11 Å². The summed E-state index contributed by atoms with van der Waals surface area (Å²) in [5, 5.41) is 7.27. The summed E-state index contributed by atoms with van der Waals surface area (Å²) in [5.74, 6) is 0.740. The smallest absolute Gasteiger partial charge is 0.195 e. The lowest BCUT2D eigenvalue weighted by molar-refractivity contribution is 0.105. The van der Waals surface area contributed by atoms with Gasteiger partial charge in [0.2, 0.25) is 0 Å². The maximum absolute atomic E-state index is 12.4. The summed E-state index contributed by atoms with van der Waals surface area (Å²) < 4.78 is 7.01. The fraction of sp³-hybridized carbons (Fsp3) is 0.0435. The van der Waals surface area contributed by atoms with Crippen LogP contribution in [0.15, 0.2) is 78.3 Å². The Morgan fingerprint density at radius 1 is 1.14 bits per heavy atom. The molecule has 144 valence electrons. The van der Waals surface area contributed by atoms with E-state index in [0.29, 0.717) is 9.90 Å². The quantitative estimate of drug-likeness (QED) is 0.277. The molecule has 0 aliphatic carbocycles. The second-order valence-electron chi connectivity index (χ2n) is 6.26. The average Bonchev–Trinajstić information content (AvgIpc) is 3.42. The van der Waals surface area contributed by atoms with Gasteiger partial charge in [-0.25, -0.2) is 4.68 Å². The van der Waals surface area contributed by atoms with Crippen molar-refractivity contribution in [2.45, 2.75) is 0 Å². The summed E-state index contributed by atoms with van der Waals surface area (Å²) in [7, 11) is 1.63. The third kappa shape index (κ3) is 4.31. The molecule has 0 radical (unpaired) electrons. The molecule has 0 spiro atoms.